The Hall–Kier alpha value is -3.82. The topological polar surface area (TPSA) is 98.5 Å². The maximum absolute atomic E-state index is 13.2. The van der Waals surface area contributed by atoms with Crippen molar-refractivity contribution in [3.05, 3.63) is 84.1 Å². The number of nitrogens with one attached hydrogen (secondary N) is 1. The maximum atomic E-state index is 13.2. The standard InChI is InChI=1S/C25H23N5O3S/c1-16(18-9-5-4-6-10-18)29-34(31,32)19-13-14-23(33-3)22(15-19)25-27-26-24-21-12-8-7-11-20(21)17(2)28-30(24)25/h4-16,29H,1-3H3. The minimum absolute atomic E-state index is 0.0975. The number of hydrogen-bond donors (Lipinski definition) is 1. The minimum Gasteiger partial charge on any atom is -0.496 e. The number of sulfonamides is 1. The molecule has 0 saturated heterocycles. The molecule has 1 atom stereocenters. The molecule has 1 unspecified atom stereocenters. The van der Waals surface area contributed by atoms with Gasteiger partial charge in [0.15, 0.2) is 11.5 Å². The third-order valence-corrected chi connectivity index (χ3v) is 7.34. The summed E-state index contributed by atoms with van der Waals surface area (Å²) in [4.78, 5) is 0.0975. The molecule has 0 fully saturated rings. The molecule has 0 saturated carbocycles. The van der Waals surface area contributed by atoms with Crippen molar-refractivity contribution in [2.45, 2.75) is 24.8 Å². The molecule has 9 heteroatoms. The Morgan fingerprint density at radius 3 is 2.38 bits per heavy atom. The number of rotatable bonds is 6. The summed E-state index contributed by atoms with van der Waals surface area (Å²) < 4.78 is 36.3. The van der Waals surface area contributed by atoms with Crippen molar-refractivity contribution in [1.29, 1.82) is 0 Å². The van der Waals surface area contributed by atoms with Gasteiger partial charge in [0.1, 0.15) is 5.75 Å². The summed E-state index contributed by atoms with van der Waals surface area (Å²) in [7, 11) is -2.30. The second-order valence-corrected chi connectivity index (χ2v) is 9.72. The Labute approximate surface area is 197 Å². The van der Waals surface area contributed by atoms with Crippen LogP contribution in [0.3, 0.4) is 0 Å². The van der Waals surface area contributed by atoms with Gasteiger partial charge < -0.3 is 4.74 Å². The zero-order chi connectivity index (χ0) is 23.9. The van der Waals surface area contributed by atoms with Crippen LogP contribution in [0.25, 0.3) is 27.8 Å². The predicted molar refractivity (Wildman–Crippen MR) is 130 cm³/mol. The van der Waals surface area contributed by atoms with Crippen LogP contribution < -0.4 is 9.46 Å². The first-order valence-corrected chi connectivity index (χ1v) is 12.2. The monoisotopic (exact) mass is 473 g/mol. The third-order valence-electron chi connectivity index (χ3n) is 5.80. The second kappa shape index (κ2) is 8.51. The lowest BCUT2D eigenvalue weighted by molar-refractivity contribution is 0.415. The zero-order valence-corrected chi connectivity index (χ0v) is 19.7. The average Bonchev–Trinajstić information content (AvgIpc) is 3.28. The van der Waals surface area contributed by atoms with Gasteiger partial charge in [0.25, 0.3) is 0 Å². The smallest absolute Gasteiger partial charge is 0.241 e. The van der Waals surface area contributed by atoms with E-state index in [1.807, 2.05) is 61.5 Å². The van der Waals surface area contributed by atoms with E-state index in [0.29, 0.717) is 22.8 Å². The molecule has 0 aliphatic heterocycles. The van der Waals surface area contributed by atoms with E-state index in [9.17, 15) is 8.42 Å². The molecule has 34 heavy (non-hydrogen) atoms. The van der Waals surface area contributed by atoms with Crippen molar-refractivity contribution in [3.8, 4) is 17.1 Å². The van der Waals surface area contributed by atoms with Gasteiger partial charge in [-0.1, -0.05) is 54.6 Å². The fraction of sp³-hybridized carbons (Fsp3) is 0.160. The number of nitrogens with zero attached hydrogens (tertiary/aromatic N) is 4. The summed E-state index contributed by atoms with van der Waals surface area (Å²) in [5.74, 6) is 0.867. The van der Waals surface area contributed by atoms with Gasteiger partial charge in [-0.3, -0.25) is 0 Å². The van der Waals surface area contributed by atoms with Gasteiger partial charge in [0.2, 0.25) is 10.0 Å². The van der Waals surface area contributed by atoms with Gasteiger partial charge in [-0.05, 0) is 37.6 Å². The molecule has 5 aromatic rings. The van der Waals surface area contributed by atoms with Crippen LogP contribution in [0, 0.1) is 6.92 Å². The summed E-state index contributed by atoms with van der Waals surface area (Å²) in [6.07, 6.45) is 0. The largest absolute Gasteiger partial charge is 0.496 e. The Morgan fingerprint density at radius 1 is 0.941 bits per heavy atom. The Morgan fingerprint density at radius 2 is 1.65 bits per heavy atom. The lowest BCUT2D eigenvalue weighted by Gasteiger charge is -2.16. The van der Waals surface area contributed by atoms with Crippen LogP contribution in [0.2, 0.25) is 0 Å². The molecule has 3 aromatic carbocycles. The lowest BCUT2D eigenvalue weighted by Crippen LogP contribution is -2.27. The molecular weight excluding hydrogens is 450 g/mol. The Kier molecular flexibility index (Phi) is 5.51. The van der Waals surface area contributed by atoms with Crippen LogP contribution in [0.5, 0.6) is 5.75 Å². The van der Waals surface area contributed by atoms with Gasteiger partial charge in [-0.2, -0.15) is 9.61 Å². The first kappa shape index (κ1) is 22.0. The Bertz CT molecular complexity index is 1610. The van der Waals surface area contributed by atoms with Crippen molar-refractivity contribution in [2.75, 3.05) is 7.11 Å². The molecule has 0 radical (unpaired) electrons. The van der Waals surface area contributed by atoms with Crippen LogP contribution in [-0.2, 0) is 10.0 Å². The lowest BCUT2D eigenvalue weighted by atomic mass is 10.1. The number of aromatic nitrogens is 4. The number of methoxy groups -OCH3 is 1. The molecule has 2 heterocycles. The molecule has 0 aliphatic rings. The normalized spacial score (nSPS) is 12.8. The molecule has 2 aromatic heterocycles. The number of aryl methyl sites for hydroxylation is 1. The molecule has 8 nitrogen and oxygen atoms in total. The van der Waals surface area contributed by atoms with Crippen LogP contribution in [0.4, 0.5) is 0 Å². The van der Waals surface area contributed by atoms with Crippen LogP contribution in [0.1, 0.15) is 24.2 Å². The van der Waals surface area contributed by atoms with E-state index < -0.39 is 16.1 Å². The van der Waals surface area contributed by atoms with Crippen molar-refractivity contribution in [2.24, 2.45) is 0 Å². The number of ether oxygens (including phenoxy) is 1. The van der Waals surface area contributed by atoms with E-state index in [0.717, 1.165) is 22.0 Å². The quantitative estimate of drug-likeness (QED) is 0.395. The van der Waals surface area contributed by atoms with Gasteiger partial charge in [0.05, 0.1) is 23.3 Å². The van der Waals surface area contributed by atoms with E-state index in [1.54, 1.807) is 23.6 Å². The molecule has 0 aliphatic carbocycles. The summed E-state index contributed by atoms with van der Waals surface area (Å²) in [6.45, 7) is 3.72. The van der Waals surface area contributed by atoms with Gasteiger partial charge in [0, 0.05) is 16.8 Å². The number of hydrogen-bond acceptors (Lipinski definition) is 6. The van der Waals surface area contributed by atoms with Gasteiger partial charge >= 0.3 is 0 Å². The molecular formula is C25H23N5O3S. The van der Waals surface area contributed by atoms with Crippen molar-refractivity contribution < 1.29 is 13.2 Å². The fourth-order valence-corrected chi connectivity index (χ4v) is 5.31. The van der Waals surface area contributed by atoms with E-state index in [4.69, 9.17) is 4.74 Å². The summed E-state index contributed by atoms with van der Waals surface area (Å²) >= 11 is 0. The van der Waals surface area contributed by atoms with Crippen LogP contribution in [-0.4, -0.2) is 35.3 Å². The first-order valence-electron chi connectivity index (χ1n) is 10.8. The van der Waals surface area contributed by atoms with Crippen molar-refractivity contribution in [3.63, 3.8) is 0 Å². The highest BCUT2D eigenvalue weighted by Gasteiger charge is 2.23. The molecule has 5 rings (SSSR count). The summed E-state index contributed by atoms with van der Waals surface area (Å²) in [6, 6.07) is 21.5. The van der Waals surface area contributed by atoms with E-state index in [1.165, 1.54) is 13.2 Å². The molecule has 1 N–H and O–H groups in total. The van der Waals surface area contributed by atoms with Crippen LogP contribution >= 0.6 is 0 Å². The minimum atomic E-state index is -3.83. The summed E-state index contributed by atoms with van der Waals surface area (Å²) in [5.41, 5.74) is 2.75. The molecule has 172 valence electrons. The third kappa shape index (κ3) is 3.78. The highest BCUT2D eigenvalue weighted by atomic mass is 32.2. The van der Waals surface area contributed by atoms with E-state index in [2.05, 4.69) is 20.0 Å². The SMILES string of the molecule is COc1ccc(S(=O)(=O)NC(C)c2ccccc2)cc1-c1nnc2c3ccccc3c(C)nn12. The van der Waals surface area contributed by atoms with Gasteiger partial charge in [-0.25, -0.2) is 13.1 Å². The van der Waals surface area contributed by atoms with Crippen LogP contribution in [0.15, 0.2) is 77.7 Å². The predicted octanol–water partition coefficient (Wildman–Crippen LogP) is 4.30. The molecule has 0 bridgehead atoms. The highest BCUT2D eigenvalue weighted by Crippen LogP contribution is 2.33. The van der Waals surface area contributed by atoms with Crippen molar-refractivity contribution in [1.82, 2.24) is 24.5 Å². The first-order chi connectivity index (χ1) is 16.4. The van der Waals surface area contributed by atoms with Crippen molar-refractivity contribution >= 4 is 26.4 Å². The maximum Gasteiger partial charge on any atom is 0.241 e. The zero-order valence-electron chi connectivity index (χ0n) is 18.9. The van der Waals surface area contributed by atoms with E-state index in [-0.39, 0.29) is 4.90 Å². The number of fused-ring (bicyclic) bond motifs is 3. The highest BCUT2D eigenvalue weighted by molar-refractivity contribution is 7.89. The fourth-order valence-electron chi connectivity index (χ4n) is 4.05. The second-order valence-electron chi connectivity index (χ2n) is 8.01. The Balaban J connectivity index is 1.61. The molecule has 0 spiro atoms. The van der Waals surface area contributed by atoms with E-state index >= 15 is 0 Å². The average molecular weight is 474 g/mol. The van der Waals surface area contributed by atoms with Gasteiger partial charge in [-0.15, -0.1) is 10.2 Å². The number of benzene rings is 3. The molecule has 0 amide bonds. The summed E-state index contributed by atoms with van der Waals surface area (Å²) in [5, 5.41) is 15.3.